The number of hydrogen-bond donors (Lipinski definition) is 3. The number of carbonyl (C=O) groups is 1. The van der Waals surface area contributed by atoms with Crippen molar-refractivity contribution in [1.29, 1.82) is 0 Å². The maximum absolute atomic E-state index is 11.5. The number of para-hydroxylation sites is 1. The highest BCUT2D eigenvalue weighted by atomic mass is 35.5. The fraction of sp³-hybridized carbons (Fsp3) is 0.417. The lowest BCUT2D eigenvalue weighted by Gasteiger charge is -2.14. The van der Waals surface area contributed by atoms with Crippen molar-refractivity contribution in [2.24, 2.45) is 0 Å². The number of amides is 1. The van der Waals surface area contributed by atoms with Crippen molar-refractivity contribution in [2.45, 2.75) is 26.4 Å². The molecule has 1 aromatic carbocycles. The molecule has 0 aliphatic heterocycles. The first-order valence-electron chi connectivity index (χ1n) is 5.53. The molecule has 1 unspecified atom stereocenters. The highest BCUT2D eigenvalue weighted by Gasteiger charge is 2.12. The predicted molar refractivity (Wildman–Crippen MR) is 68.1 cm³/mol. The molecule has 0 spiro atoms. The second-order valence-corrected chi connectivity index (χ2v) is 4.15. The summed E-state index contributed by atoms with van der Waals surface area (Å²) in [6.07, 6.45) is 0. The van der Waals surface area contributed by atoms with Crippen LogP contribution < -0.4 is 10.6 Å². The Hall–Kier alpha value is -1.26. The molecule has 0 fully saturated rings. The van der Waals surface area contributed by atoms with Gasteiger partial charge in [0.05, 0.1) is 11.1 Å². The van der Waals surface area contributed by atoms with E-state index in [0.29, 0.717) is 23.7 Å². The van der Waals surface area contributed by atoms with E-state index in [2.05, 4.69) is 10.6 Å². The topological polar surface area (TPSA) is 61.4 Å². The van der Waals surface area contributed by atoms with Crippen molar-refractivity contribution in [1.82, 2.24) is 10.6 Å². The van der Waals surface area contributed by atoms with E-state index in [-0.39, 0.29) is 17.7 Å². The van der Waals surface area contributed by atoms with Crippen LogP contribution in [0.3, 0.4) is 0 Å². The van der Waals surface area contributed by atoms with Gasteiger partial charge in [0.1, 0.15) is 5.75 Å². The highest BCUT2D eigenvalue weighted by molar-refractivity contribution is 6.32. The molecule has 1 aromatic rings. The van der Waals surface area contributed by atoms with Crippen LogP contribution in [-0.2, 0) is 11.3 Å². The normalized spacial score (nSPS) is 12.2. The lowest BCUT2D eigenvalue weighted by molar-refractivity contribution is -0.122. The zero-order valence-corrected chi connectivity index (χ0v) is 10.7. The highest BCUT2D eigenvalue weighted by Crippen LogP contribution is 2.26. The van der Waals surface area contributed by atoms with E-state index in [1.165, 1.54) is 0 Å². The van der Waals surface area contributed by atoms with Crippen molar-refractivity contribution in [3.05, 3.63) is 28.8 Å². The second-order valence-electron chi connectivity index (χ2n) is 3.74. The standard InChI is InChI=1S/C12H17ClN2O2/c1-3-14-12(17)8(2)15-7-9-5-4-6-10(13)11(9)16/h4-6,8,15-16H,3,7H2,1-2H3,(H,14,17). The second kappa shape index (κ2) is 6.47. The molecule has 3 N–H and O–H groups in total. The molecule has 0 aromatic heterocycles. The van der Waals surface area contributed by atoms with E-state index in [0.717, 1.165) is 0 Å². The fourth-order valence-corrected chi connectivity index (χ4v) is 1.58. The Morgan fingerprint density at radius 1 is 1.53 bits per heavy atom. The Balaban J connectivity index is 2.56. The lowest BCUT2D eigenvalue weighted by atomic mass is 10.2. The van der Waals surface area contributed by atoms with E-state index in [1.807, 2.05) is 6.92 Å². The maximum Gasteiger partial charge on any atom is 0.236 e. The largest absolute Gasteiger partial charge is 0.506 e. The number of benzene rings is 1. The number of phenolic OH excluding ortho intramolecular Hbond substituents is 1. The smallest absolute Gasteiger partial charge is 0.236 e. The van der Waals surface area contributed by atoms with Crippen molar-refractivity contribution in [2.75, 3.05) is 6.54 Å². The third-order valence-electron chi connectivity index (χ3n) is 2.41. The Bertz CT molecular complexity index is 396. The first kappa shape index (κ1) is 13.8. The van der Waals surface area contributed by atoms with E-state index in [4.69, 9.17) is 11.6 Å². The van der Waals surface area contributed by atoms with Crippen LogP contribution >= 0.6 is 11.6 Å². The van der Waals surface area contributed by atoms with E-state index >= 15 is 0 Å². The van der Waals surface area contributed by atoms with Gasteiger partial charge < -0.3 is 15.7 Å². The first-order chi connectivity index (χ1) is 8.06. The molecule has 1 amide bonds. The van der Waals surface area contributed by atoms with Crippen LogP contribution in [0.25, 0.3) is 0 Å². The van der Waals surface area contributed by atoms with Gasteiger partial charge in [0.25, 0.3) is 0 Å². The number of phenols is 1. The number of halogens is 1. The Labute approximate surface area is 106 Å². The van der Waals surface area contributed by atoms with Crippen LogP contribution in [0.4, 0.5) is 0 Å². The molecule has 0 aliphatic rings. The van der Waals surface area contributed by atoms with Crippen LogP contribution in [-0.4, -0.2) is 23.6 Å². The summed E-state index contributed by atoms with van der Waals surface area (Å²) in [5.41, 5.74) is 0.675. The van der Waals surface area contributed by atoms with E-state index in [9.17, 15) is 9.90 Å². The van der Waals surface area contributed by atoms with Gasteiger partial charge in [-0.15, -0.1) is 0 Å². The Kier molecular flexibility index (Phi) is 5.25. The van der Waals surface area contributed by atoms with Gasteiger partial charge in [0.2, 0.25) is 5.91 Å². The van der Waals surface area contributed by atoms with Crippen molar-refractivity contribution in [3.8, 4) is 5.75 Å². The maximum atomic E-state index is 11.5. The summed E-state index contributed by atoms with van der Waals surface area (Å²) in [6.45, 7) is 4.64. The fourth-order valence-electron chi connectivity index (χ4n) is 1.39. The van der Waals surface area contributed by atoms with Crippen LogP contribution in [0.5, 0.6) is 5.75 Å². The van der Waals surface area contributed by atoms with Gasteiger partial charge in [-0.1, -0.05) is 23.7 Å². The summed E-state index contributed by atoms with van der Waals surface area (Å²) >= 11 is 5.78. The molecule has 0 heterocycles. The SMILES string of the molecule is CCNC(=O)C(C)NCc1cccc(Cl)c1O. The molecule has 1 atom stereocenters. The molecule has 17 heavy (non-hydrogen) atoms. The number of likely N-dealkylation sites (N-methyl/N-ethyl adjacent to an activating group) is 1. The number of hydrogen-bond acceptors (Lipinski definition) is 3. The zero-order valence-electron chi connectivity index (χ0n) is 9.96. The third kappa shape index (κ3) is 3.91. The molecule has 0 saturated carbocycles. The molecular formula is C12H17ClN2O2. The number of carbonyl (C=O) groups excluding carboxylic acids is 1. The average molecular weight is 257 g/mol. The van der Waals surface area contributed by atoms with Crippen molar-refractivity contribution in [3.63, 3.8) is 0 Å². The lowest BCUT2D eigenvalue weighted by Crippen LogP contribution is -2.41. The van der Waals surface area contributed by atoms with Gasteiger partial charge in [-0.05, 0) is 19.9 Å². The first-order valence-corrected chi connectivity index (χ1v) is 5.91. The van der Waals surface area contributed by atoms with Gasteiger partial charge >= 0.3 is 0 Å². The number of rotatable bonds is 5. The molecule has 4 nitrogen and oxygen atoms in total. The minimum absolute atomic E-state index is 0.0600. The summed E-state index contributed by atoms with van der Waals surface area (Å²) in [4.78, 5) is 11.5. The molecular weight excluding hydrogens is 240 g/mol. The number of aromatic hydroxyl groups is 1. The summed E-state index contributed by atoms with van der Waals surface area (Å²) in [5.74, 6) is -0.00113. The van der Waals surface area contributed by atoms with Crippen LogP contribution in [0.1, 0.15) is 19.4 Å². The quantitative estimate of drug-likeness (QED) is 0.751. The molecule has 0 bridgehead atoms. The molecule has 0 saturated heterocycles. The minimum Gasteiger partial charge on any atom is -0.506 e. The predicted octanol–water partition coefficient (Wildman–Crippen LogP) is 1.66. The molecule has 0 aliphatic carbocycles. The summed E-state index contributed by atoms with van der Waals surface area (Å²) in [5, 5.41) is 15.7. The summed E-state index contributed by atoms with van der Waals surface area (Å²) < 4.78 is 0. The van der Waals surface area contributed by atoms with Gasteiger partial charge in [-0.2, -0.15) is 0 Å². The molecule has 1 rings (SSSR count). The molecule has 0 radical (unpaired) electrons. The van der Waals surface area contributed by atoms with E-state index in [1.54, 1.807) is 25.1 Å². The monoisotopic (exact) mass is 256 g/mol. The van der Waals surface area contributed by atoms with E-state index < -0.39 is 0 Å². The third-order valence-corrected chi connectivity index (χ3v) is 2.72. The van der Waals surface area contributed by atoms with Gasteiger partial charge in [-0.3, -0.25) is 4.79 Å². The van der Waals surface area contributed by atoms with Crippen molar-refractivity contribution < 1.29 is 9.90 Å². The Morgan fingerprint density at radius 3 is 2.88 bits per heavy atom. The Morgan fingerprint density at radius 2 is 2.24 bits per heavy atom. The number of nitrogens with one attached hydrogen (secondary N) is 2. The van der Waals surface area contributed by atoms with Crippen LogP contribution in [0.2, 0.25) is 5.02 Å². The van der Waals surface area contributed by atoms with Crippen molar-refractivity contribution >= 4 is 17.5 Å². The van der Waals surface area contributed by atoms with Gasteiger partial charge in [0.15, 0.2) is 0 Å². The summed E-state index contributed by atoms with van der Waals surface area (Å²) in [7, 11) is 0. The average Bonchev–Trinajstić information content (AvgIpc) is 2.31. The van der Waals surface area contributed by atoms with Gasteiger partial charge in [0, 0.05) is 18.7 Å². The minimum atomic E-state index is -0.312. The molecule has 5 heteroatoms. The summed E-state index contributed by atoms with van der Waals surface area (Å²) in [6, 6.07) is 4.83. The molecule has 94 valence electrons. The van der Waals surface area contributed by atoms with Gasteiger partial charge in [-0.25, -0.2) is 0 Å². The zero-order chi connectivity index (χ0) is 12.8. The van der Waals surface area contributed by atoms with Crippen LogP contribution in [0, 0.1) is 0 Å². The van der Waals surface area contributed by atoms with Crippen LogP contribution in [0.15, 0.2) is 18.2 Å².